The molecule has 6 nitrogen and oxygen atoms in total. The fourth-order valence-electron chi connectivity index (χ4n) is 10.1. The van der Waals surface area contributed by atoms with Gasteiger partial charge in [0.2, 0.25) is 0 Å². The SMILES string of the molecule is CCCCCCCCCSC1CCC(=O)OCCC2(CCOC(=O)CC34CCC(CC3)C(CCCCCCCC)(C4)S1)CCN(CCCCO)CC2. The van der Waals surface area contributed by atoms with Crippen molar-refractivity contribution in [2.75, 3.05) is 45.2 Å². The van der Waals surface area contributed by atoms with E-state index in [4.69, 9.17) is 9.47 Å². The van der Waals surface area contributed by atoms with Crippen LogP contribution in [0.5, 0.6) is 0 Å². The zero-order chi connectivity index (χ0) is 37.0. The molecule has 2 unspecified atom stereocenters. The highest BCUT2D eigenvalue weighted by Gasteiger charge is 2.55. The molecule has 52 heavy (non-hydrogen) atoms. The Morgan fingerprint density at radius 1 is 0.712 bits per heavy atom. The van der Waals surface area contributed by atoms with Gasteiger partial charge < -0.3 is 19.5 Å². The van der Waals surface area contributed by atoms with Crippen LogP contribution in [0.3, 0.4) is 0 Å². The van der Waals surface area contributed by atoms with Gasteiger partial charge in [-0.1, -0.05) is 90.9 Å². The van der Waals surface area contributed by atoms with Gasteiger partial charge in [-0.25, -0.2) is 0 Å². The highest BCUT2D eigenvalue weighted by atomic mass is 32.2. The molecular formula is C44H79NO5S2. The van der Waals surface area contributed by atoms with Crippen molar-refractivity contribution in [3.63, 3.8) is 0 Å². The van der Waals surface area contributed by atoms with Crippen LogP contribution < -0.4 is 0 Å². The zero-order valence-electron chi connectivity index (χ0n) is 33.7. The number of piperidine rings is 1. The predicted octanol–water partition coefficient (Wildman–Crippen LogP) is 11.5. The number of cyclic esters (lactones) is 2. The molecule has 2 heterocycles. The summed E-state index contributed by atoms with van der Waals surface area (Å²) in [6.45, 7) is 8.85. The normalized spacial score (nSPS) is 29.1. The molecule has 2 aliphatic heterocycles. The van der Waals surface area contributed by atoms with E-state index in [2.05, 4.69) is 42.3 Å². The molecule has 0 amide bonds. The van der Waals surface area contributed by atoms with Crippen LogP contribution in [0.1, 0.15) is 194 Å². The summed E-state index contributed by atoms with van der Waals surface area (Å²) in [6.07, 6.45) is 32.1. The van der Waals surface area contributed by atoms with E-state index < -0.39 is 0 Å². The van der Waals surface area contributed by atoms with E-state index in [0.29, 0.717) is 30.6 Å². The smallest absolute Gasteiger partial charge is 0.306 e. The third kappa shape index (κ3) is 14.9. The fraction of sp³-hybridized carbons (Fsp3) is 0.955. The summed E-state index contributed by atoms with van der Waals surface area (Å²) in [4.78, 5) is 29.6. The number of carbonyl (C=O) groups is 2. The predicted molar refractivity (Wildman–Crippen MR) is 221 cm³/mol. The first-order chi connectivity index (χ1) is 25.4. The third-order valence-electron chi connectivity index (χ3n) is 13.5. The third-order valence-corrected chi connectivity index (χ3v) is 17.0. The molecule has 3 bridgehead atoms. The number of ether oxygens (including phenoxy) is 2. The average molecular weight is 766 g/mol. The van der Waals surface area contributed by atoms with Gasteiger partial charge in [-0.3, -0.25) is 9.59 Å². The van der Waals surface area contributed by atoms with Gasteiger partial charge >= 0.3 is 11.9 Å². The molecule has 0 aromatic heterocycles. The molecule has 3 aliphatic carbocycles. The van der Waals surface area contributed by atoms with Crippen molar-refractivity contribution < 1.29 is 24.2 Å². The number of nitrogens with zero attached hydrogens (tertiary/aromatic N) is 1. The maximum atomic E-state index is 13.7. The van der Waals surface area contributed by atoms with Crippen LogP contribution in [0, 0.1) is 16.7 Å². The van der Waals surface area contributed by atoms with Gasteiger partial charge in [0, 0.05) is 17.8 Å². The molecule has 8 heteroatoms. The first-order valence-electron chi connectivity index (χ1n) is 22.3. The molecule has 2 spiro atoms. The molecule has 302 valence electrons. The molecule has 5 fully saturated rings. The minimum absolute atomic E-state index is 0.0241. The first kappa shape index (κ1) is 44.3. The summed E-state index contributed by atoms with van der Waals surface area (Å²) < 4.78 is 12.8. The Kier molecular flexibility index (Phi) is 20.6. The maximum absolute atomic E-state index is 13.7. The number of aliphatic hydroxyl groups is 1. The molecule has 0 aromatic carbocycles. The Labute approximate surface area is 328 Å². The van der Waals surface area contributed by atoms with Gasteiger partial charge in [0.25, 0.3) is 0 Å². The maximum Gasteiger partial charge on any atom is 0.306 e. The Morgan fingerprint density at radius 2 is 1.33 bits per heavy atom. The van der Waals surface area contributed by atoms with Crippen LogP contribution in [0.4, 0.5) is 0 Å². The minimum atomic E-state index is -0.0268. The van der Waals surface area contributed by atoms with Crippen LogP contribution >= 0.6 is 23.5 Å². The summed E-state index contributed by atoms with van der Waals surface area (Å²) >= 11 is 4.37. The van der Waals surface area contributed by atoms with Crippen LogP contribution in [0.15, 0.2) is 0 Å². The van der Waals surface area contributed by atoms with E-state index in [1.54, 1.807) is 0 Å². The second-order valence-electron chi connectivity index (χ2n) is 17.5. The molecular weight excluding hydrogens is 687 g/mol. The topological polar surface area (TPSA) is 76.1 Å². The molecule has 1 N–H and O–H groups in total. The number of unbranched alkanes of at least 4 members (excludes halogenated alkanes) is 12. The highest BCUT2D eigenvalue weighted by Crippen LogP contribution is 2.64. The zero-order valence-corrected chi connectivity index (χ0v) is 35.4. The molecule has 5 aliphatic rings. The van der Waals surface area contributed by atoms with Crippen LogP contribution in [0.2, 0.25) is 0 Å². The summed E-state index contributed by atoms with van der Waals surface area (Å²) in [5.41, 5.74) is 0.111. The van der Waals surface area contributed by atoms with Crippen LogP contribution in [-0.2, 0) is 19.1 Å². The van der Waals surface area contributed by atoms with Gasteiger partial charge in [0.05, 0.1) is 24.2 Å². The van der Waals surface area contributed by atoms with Gasteiger partial charge in [-0.2, -0.15) is 0 Å². The van der Waals surface area contributed by atoms with Crippen molar-refractivity contribution in [3.8, 4) is 0 Å². The number of rotatable bonds is 20. The van der Waals surface area contributed by atoms with Crippen molar-refractivity contribution in [3.05, 3.63) is 0 Å². The van der Waals surface area contributed by atoms with Crippen LogP contribution in [-0.4, -0.2) is 76.5 Å². The molecule has 2 atom stereocenters. The van der Waals surface area contributed by atoms with Gasteiger partial charge in [-0.05, 0) is 132 Å². The average Bonchev–Trinajstić information content (AvgIpc) is 3.14. The molecule has 0 aromatic rings. The Balaban J connectivity index is 1.46. The largest absolute Gasteiger partial charge is 0.466 e. The fourth-order valence-corrected chi connectivity index (χ4v) is 14.0. The standard InChI is InChI=1S/C44H79NO5S2/c1-3-5-7-9-11-13-17-35-51-41-19-18-39(47)49-33-27-42(25-30-45(31-26-42)29-15-16-32-46)28-34-50-40(48)36-43-23-20-38(21-24-43)44(37-43,52-41)22-14-12-10-8-6-4-2/h38,41,46H,3-37H2,1-2H3. The van der Waals surface area contributed by atoms with Gasteiger partial charge in [-0.15, -0.1) is 23.5 Å². The van der Waals surface area contributed by atoms with Crippen molar-refractivity contribution in [2.24, 2.45) is 16.7 Å². The van der Waals surface area contributed by atoms with Gasteiger partial charge in [0.15, 0.2) is 0 Å². The lowest BCUT2D eigenvalue weighted by Gasteiger charge is -2.58. The summed E-state index contributed by atoms with van der Waals surface area (Å²) in [5, 5.41) is 9.24. The van der Waals surface area contributed by atoms with E-state index in [9.17, 15) is 14.7 Å². The number of hydrogen-bond acceptors (Lipinski definition) is 8. The number of fused-ring (bicyclic) bond motifs is 2. The van der Waals surface area contributed by atoms with E-state index in [1.807, 2.05) is 0 Å². The van der Waals surface area contributed by atoms with E-state index >= 15 is 0 Å². The Hall–Kier alpha value is -0.440. The van der Waals surface area contributed by atoms with Crippen molar-refractivity contribution >= 4 is 35.5 Å². The van der Waals surface area contributed by atoms with E-state index in [-0.39, 0.29) is 34.1 Å². The number of thioether (sulfide) groups is 2. The molecule has 5 rings (SSSR count). The Bertz CT molecular complexity index is 995. The van der Waals surface area contributed by atoms with Crippen molar-refractivity contribution in [1.29, 1.82) is 0 Å². The molecule has 0 radical (unpaired) electrons. The minimum Gasteiger partial charge on any atom is -0.466 e. The lowest BCUT2D eigenvalue weighted by molar-refractivity contribution is -0.150. The lowest BCUT2D eigenvalue weighted by Crippen LogP contribution is -2.52. The number of esters is 2. The second-order valence-corrected chi connectivity index (χ2v) is 20.7. The quantitative estimate of drug-likeness (QED) is 0.0970. The number of carbonyl (C=O) groups excluding carboxylic acids is 2. The lowest BCUT2D eigenvalue weighted by atomic mass is 9.54. The number of hydrogen-bond donors (Lipinski definition) is 1. The van der Waals surface area contributed by atoms with Crippen molar-refractivity contribution in [2.45, 2.75) is 203 Å². The monoisotopic (exact) mass is 766 g/mol. The van der Waals surface area contributed by atoms with E-state index in [1.165, 1.54) is 121 Å². The summed E-state index contributed by atoms with van der Waals surface area (Å²) in [5.74, 6) is 1.89. The van der Waals surface area contributed by atoms with Gasteiger partial charge in [0.1, 0.15) is 0 Å². The highest BCUT2D eigenvalue weighted by molar-refractivity contribution is 8.17. The Morgan fingerprint density at radius 3 is 1.98 bits per heavy atom. The molecule has 3 saturated carbocycles. The van der Waals surface area contributed by atoms with E-state index in [0.717, 1.165) is 76.9 Å². The summed E-state index contributed by atoms with van der Waals surface area (Å²) in [6, 6.07) is 0. The first-order valence-corrected chi connectivity index (χ1v) is 24.2. The molecule has 2 saturated heterocycles. The van der Waals surface area contributed by atoms with Crippen molar-refractivity contribution in [1.82, 2.24) is 4.90 Å². The number of likely N-dealkylation sites (tertiary alicyclic amines) is 1. The van der Waals surface area contributed by atoms with Crippen LogP contribution in [0.25, 0.3) is 0 Å². The summed E-state index contributed by atoms with van der Waals surface area (Å²) in [7, 11) is 0. The second kappa shape index (κ2) is 24.3. The number of aliphatic hydroxyl groups excluding tert-OH is 1.